The molecule has 0 amide bonds. The molecule has 8 nitrogen and oxygen atoms in total. The molecule has 4 rings (SSSR count). The van der Waals surface area contributed by atoms with Crippen molar-refractivity contribution in [2.45, 2.75) is 6.92 Å². The molecule has 0 radical (unpaired) electrons. The van der Waals surface area contributed by atoms with Crippen molar-refractivity contribution in [1.82, 2.24) is 24.7 Å². The number of benzene rings is 1. The molecule has 27 heavy (non-hydrogen) atoms. The highest BCUT2D eigenvalue weighted by molar-refractivity contribution is 5.80. The first kappa shape index (κ1) is 16.8. The Labute approximate surface area is 156 Å². The van der Waals surface area contributed by atoms with Gasteiger partial charge in [-0.2, -0.15) is 10.1 Å². The van der Waals surface area contributed by atoms with Crippen LogP contribution in [0.1, 0.15) is 5.69 Å². The first-order chi connectivity index (χ1) is 13.2. The van der Waals surface area contributed by atoms with Gasteiger partial charge in [-0.15, -0.1) is 0 Å². The molecule has 0 aliphatic carbocycles. The Balaban J connectivity index is 1.76. The molecular formula is C19H19N7O. The number of anilines is 3. The molecule has 0 atom stereocenters. The van der Waals surface area contributed by atoms with Crippen molar-refractivity contribution in [2.75, 3.05) is 24.8 Å². The number of hydrogen-bond donors (Lipinski definition) is 2. The molecule has 0 aliphatic heterocycles. The first-order valence-corrected chi connectivity index (χ1v) is 8.44. The van der Waals surface area contributed by atoms with Crippen LogP contribution in [0.25, 0.3) is 16.6 Å². The van der Waals surface area contributed by atoms with Gasteiger partial charge < -0.3 is 15.4 Å². The second-order valence-electron chi connectivity index (χ2n) is 5.97. The van der Waals surface area contributed by atoms with Crippen molar-refractivity contribution < 1.29 is 4.74 Å². The van der Waals surface area contributed by atoms with Crippen LogP contribution in [0.3, 0.4) is 0 Å². The van der Waals surface area contributed by atoms with E-state index in [1.165, 1.54) is 0 Å². The molecule has 4 aromatic rings. The third kappa shape index (κ3) is 3.24. The highest BCUT2D eigenvalue weighted by Gasteiger charge is 2.12. The van der Waals surface area contributed by atoms with Crippen LogP contribution in [0.2, 0.25) is 0 Å². The molecule has 2 N–H and O–H groups in total. The summed E-state index contributed by atoms with van der Waals surface area (Å²) in [4.78, 5) is 13.1. The highest BCUT2D eigenvalue weighted by Crippen LogP contribution is 2.29. The van der Waals surface area contributed by atoms with Crippen LogP contribution in [0.15, 0.2) is 48.9 Å². The lowest BCUT2D eigenvalue weighted by Crippen LogP contribution is -2.04. The Bertz CT molecular complexity index is 1110. The van der Waals surface area contributed by atoms with Gasteiger partial charge in [0.2, 0.25) is 5.95 Å². The van der Waals surface area contributed by atoms with Crippen LogP contribution in [-0.4, -0.2) is 38.9 Å². The van der Waals surface area contributed by atoms with Gasteiger partial charge in [0.05, 0.1) is 25.0 Å². The summed E-state index contributed by atoms with van der Waals surface area (Å²) < 4.78 is 7.34. The van der Waals surface area contributed by atoms with E-state index in [2.05, 4.69) is 30.7 Å². The predicted octanol–water partition coefficient (Wildman–Crippen LogP) is 3.31. The molecule has 0 saturated carbocycles. The fourth-order valence-electron chi connectivity index (χ4n) is 2.87. The highest BCUT2D eigenvalue weighted by atomic mass is 16.5. The standard InChI is InChI=1S/C19H19N7O/c1-12-8-18(20-2)25-19(23-12)24-14-4-5-17(27-3)15(9-14)26-16-11-21-7-6-13(16)10-22-26/h4-11H,1-3H3,(H2,20,23,24,25). The van der Waals surface area contributed by atoms with Gasteiger partial charge in [-0.3, -0.25) is 4.98 Å². The molecular weight excluding hydrogens is 342 g/mol. The van der Waals surface area contributed by atoms with Gasteiger partial charge in [0.25, 0.3) is 0 Å². The van der Waals surface area contributed by atoms with E-state index in [4.69, 9.17) is 4.74 Å². The fraction of sp³-hybridized carbons (Fsp3) is 0.158. The minimum Gasteiger partial charge on any atom is -0.494 e. The summed E-state index contributed by atoms with van der Waals surface area (Å²) in [5.41, 5.74) is 3.39. The number of ether oxygens (including phenoxy) is 1. The lowest BCUT2D eigenvalue weighted by molar-refractivity contribution is 0.412. The van der Waals surface area contributed by atoms with Crippen molar-refractivity contribution in [2.24, 2.45) is 0 Å². The summed E-state index contributed by atoms with van der Waals surface area (Å²) in [6, 6.07) is 9.55. The summed E-state index contributed by atoms with van der Waals surface area (Å²) in [7, 11) is 3.46. The Kier molecular flexibility index (Phi) is 4.29. The molecule has 0 bridgehead atoms. The SMILES string of the molecule is CNc1cc(C)nc(Nc2ccc(OC)c(-n3ncc4ccncc43)c2)n1. The van der Waals surface area contributed by atoms with Crippen molar-refractivity contribution in [1.29, 1.82) is 0 Å². The van der Waals surface area contributed by atoms with Crippen LogP contribution >= 0.6 is 0 Å². The van der Waals surface area contributed by atoms with Gasteiger partial charge >= 0.3 is 0 Å². The second-order valence-corrected chi connectivity index (χ2v) is 5.97. The normalized spacial score (nSPS) is 10.8. The summed E-state index contributed by atoms with van der Waals surface area (Å²) in [5.74, 6) is 1.97. The molecule has 0 aliphatic rings. The first-order valence-electron chi connectivity index (χ1n) is 8.44. The summed E-state index contributed by atoms with van der Waals surface area (Å²) >= 11 is 0. The molecule has 0 spiro atoms. The summed E-state index contributed by atoms with van der Waals surface area (Å²) in [5, 5.41) is 11.8. The van der Waals surface area contributed by atoms with E-state index in [-0.39, 0.29) is 0 Å². The molecule has 8 heteroatoms. The number of aromatic nitrogens is 5. The molecule has 0 saturated heterocycles. The number of rotatable bonds is 5. The number of nitrogens with one attached hydrogen (secondary N) is 2. The van der Waals surface area contributed by atoms with Crippen LogP contribution in [0, 0.1) is 6.92 Å². The molecule has 1 aromatic carbocycles. The van der Waals surface area contributed by atoms with Crippen LogP contribution in [0.5, 0.6) is 5.75 Å². The maximum atomic E-state index is 5.53. The zero-order valence-electron chi connectivity index (χ0n) is 15.3. The average molecular weight is 361 g/mol. The van der Waals surface area contributed by atoms with Gasteiger partial charge in [0.15, 0.2) is 0 Å². The second kappa shape index (κ2) is 6.91. The maximum Gasteiger partial charge on any atom is 0.229 e. The number of aryl methyl sites for hydroxylation is 1. The minimum atomic E-state index is 0.516. The van der Waals surface area contributed by atoms with Crippen LogP contribution in [0.4, 0.5) is 17.5 Å². The number of pyridine rings is 1. The van der Waals surface area contributed by atoms with Crippen molar-refractivity contribution in [3.63, 3.8) is 0 Å². The van der Waals surface area contributed by atoms with E-state index in [0.29, 0.717) is 11.7 Å². The smallest absolute Gasteiger partial charge is 0.229 e. The lowest BCUT2D eigenvalue weighted by atomic mass is 10.2. The van der Waals surface area contributed by atoms with Crippen LogP contribution < -0.4 is 15.4 Å². The predicted molar refractivity (Wildman–Crippen MR) is 105 cm³/mol. The zero-order chi connectivity index (χ0) is 18.8. The Morgan fingerprint density at radius 2 is 1.96 bits per heavy atom. The third-order valence-corrected chi connectivity index (χ3v) is 4.15. The van der Waals surface area contributed by atoms with Crippen molar-refractivity contribution in [3.8, 4) is 11.4 Å². The van der Waals surface area contributed by atoms with Gasteiger partial charge in [0.1, 0.15) is 17.3 Å². The molecule has 136 valence electrons. The van der Waals surface area contributed by atoms with E-state index in [9.17, 15) is 0 Å². The van der Waals surface area contributed by atoms with E-state index in [1.807, 2.05) is 49.0 Å². The Morgan fingerprint density at radius 3 is 2.78 bits per heavy atom. The number of fused-ring (bicyclic) bond motifs is 1. The number of hydrogen-bond acceptors (Lipinski definition) is 7. The average Bonchev–Trinajstić information content (AvgIpc) is 3.11. The third-order valence-electron chi connectivity index (χ3n) is 4.15. The van der Waals surface area contributed by atoms with Crippen LogP contribution in [-0.2, 0) is 0 Å². The number of methoxy groups -OCH3 is 1. The van der Waals surface area contributed by atoms with E-state index >= 15 is 0 Å². The largest absolute Gasteiger partial charge is 0.494 e. The Hall–Kier alpha value is -3.68. The molecule has 0 unspecified atom stereocenters. The molecule has 3 heterocycles. The topological polar surface area (TPSA) is 89.8 Å². The monoisotopic (exact) mass is 361 g/mol. The molecule has 0 fully saturated rings. The lowest BCUT2D eigenvalue weighted by Gasteiger charge is -2.13. The van der Waals surface area contributed by atoms with Gasteiger partial charge in [-0.05, 0) is 31.2 Å². The zero-order valence-corrected chi connectivity index (χ0v) is 15.3. The fourth-order valence-corrected chi connectivity index (χ4v) is 2.87. The van der Waals surface area contributed by atoms with E-state index in [0.717, 1.165) is 33.8 Å². The van der Waals surface area contributed by atoms with Gasteiger partial charge in [-0.1, -0.05) is 0 Å². The van der Waals surface area contributed by atoms with E-state index < -0.39 is 0 Å². The quantitative estimate of drug-likeness (QED) is 0.563. The van der Waals surface area contributed by atoms with Crippen molar-refractivity contribution in [3.05, 3.63) is 54.6 Å². The Morgan fingerprint density at radius 1 is 1.07 bits per heavy atom. The number of nitrogens with zero attached hydrogens (tertiary/aromatic N) is 5. The maximum absolute atomic E-state index is 5.53. The van der Waals surface area contributed by atoms with Crippen molar-refractivity contribution >= 4 is 28.4 Å². The van der Waals surface area contributed by atoms with Gasteiger partial charge in [0, 0.05) is 36.1 Å². The van der Waals surface area contributed by atoms with E-state index in [1.54, 1.807) is 25.7 Å². The molecule has 3 aromatic heterocycles. The summed E-state index contributed by atoms with van der Waals surface area (Å²) in [6.07, 6.45) is 5.34. The minimum absolute atomic E-state index is 0.516. The van der Waals surface area contributed by atoms with Gasteiger partial charge in [-0.25, -0.2) is 9.67 Å². The summed E-state index contributed by atoms with van der Waals surface area (Å²) in [6.45, 7) is 1.93.